The minimum Gasteiger partial charge on any atom is -0.497 e. The second kappa shape index (κ2) is 6.32. The summed E-state index contributed by atoms with van der Waals surface area (Å²) in [6.07, 6.45) is 2.28. The van der Waals surface area contributed by atoms with Crippen molar-refractivity contribution < 1.29 is 19.0 Å². The van der Waals surface area contributed by atoms with Crippen LogP contribution in [0.4, 0.5) is 0 Å². The lowest BCUT2D eigenvalue weighted by atomic mass is 10.2. The molecule has 108 valence electrons. The van der Waals surface area contributed by atoms with Gasteiger partial charge in [-0.3, -0.25) is 4.79 Å². The van der Waals surface area contributed by atoms with E-state index in [1.54, 1.807) is 21.1 Å². The first-order valence-electron chi connectivity index (χ1n) is 6.56. The van der Waals surface area contributed by atoms with Crippen LogP contribution in [0.3, 0.4) is 0 Å². The average Bonchev–Trinajstić information content (AvgIpc) is 2.87. The first-order valence-corrected chi connectivity index (χ1v) is 6.56. The largest absolute Gasteiger partial charge is 0.497 e. The van der Waals surface area contributed by atoms with E-state index in [0.29, 0.717) is 19.6 Å². The van der Waals surface area contributed by atoms with Crippen molar-refractivity contribution in [2.24, 2.45) is 0 Å². The molecule has 0 aliphatic rings. The molecule has 1 aromatic carbocycles. The third-order valence-electron chi connectivity index (χ3n) is 3.14. The Bertz CT molecular complexity index is 603. The van der Waals surface area contributed by atoms with E-state index in [2.05, 4.69) is 0 Å². The normalized spacial score (nSPS) is 10.6. The van der Waals surface area contributed by atoms with Gasteiger partial charge in [-0.15, -0.1) is 0 Å². The maximum atomic E-state index is 11.4. The predicted molar refractivity (Wildman–Crippen MR) is 76.3 cm³/mol. The molecule has 0 unspecified atom stereocenters. The van der Waals surface area contributed by atoms with E-state index in [1.165, 1.54) is 0 Å². The highest BCUT2D eigenvalue weighted by Crippen LogP contribution is 2.31. The van der Waals surface area contributed by atoms with Crippen molar-refractivity contribution >= 4 is 16.9 Å². The maximum absolute atomic E-state index is 11.4. The van der Waals surface area contributed by atoms with Gasteiger partial charge in [0.05, 0.1) is 32.8 Å². The molecule has 0 amide bonds. The van der Waals surface area contributed by atoms with E-state index in [4.69, 9.17) is 14.2 Å². The number of hydrogen-bond acceptors (Lipinski definition) is 4. The molecule has 2 rings (SSSR count). The molecule has 0 saturated heterocycles. The fraction of sp³-hybridized carbons (Fsp3) is 0.400. The Balaban J connectivity index is 2.28. The van der Waals surface area contributed by atoms with Crippen LogP contribution in [0.2, 0.25) is 0 Å². The number of methoxy groups -OCH3 is 2. The molecule has 0 radical (unpaired) electrons. The molecule has 0 aliphatic carbocycles. The van der Waals surface area contributed by atoms with E-state index in [0.717, 1.165) is 22.4 Å². The Labute approximate surface area is 118 Å². The smallest absolute Gasteiger partial charge is 0.307 e. The minimum atomic E-state index is -0.191. The summed E-state index contributed by atoms with van der Waals surface area (Å²) < 4.78 is 17.6. The van der Waals surface area contributed by atoms with Crippen LogP contribution in [0.25, 0.3) is 10.9 Å². The number of carbonyl (C=O) groups excluding carboxylic acids is 1. The minimum absolute atomic E-state index is 0.191. The molecule has 0 N–H and O–H groups in total. The Morgan fingerprint density at radius 3 is 2.70 bits per heavy atom. The van der Waals surface area contributed by atoms with Gasteiger partial charge in [0.2, 0.25) is 0 Å². The maximum Gasteiger partial charge on any atom is 0.307 e. The van der Waals surface area contributed by atoms with Gasteiger partial charge in [0, 0.05) is 30.3 Å². The molecule has 0 fully saturated rings. The number of aryl methyl sites for hydroxylation is 1. The van der Waals surface area contributed by atoms with Crippen LogP contribution in [-0.2, 0) is 16.1 Å². The topological polar surface area (TPSA) is 49.7 Å². The number of benzene rings is 1. The quantitative estimate of drug-likeness (QED) is 0.762. The van der Waals surface area contributed by atoms with Gasteiger partial charge in [0.25, 0.3) is 0 Å². The molecular weight excluding hydrogens is 258 g/mol. The first-order chi connectivity index (χ1) is 9.69. The average molecular weight is 277 g/mol. The van der Waals surface area contributed by atoms with Crippen LogP contribution in [0, 0.1) is 0 Å². The van der Waals surface area contributed by atoms with Gasteiger partial charge in [-0.25, -0.2) is 0 Å². The van der Waals surface area contributed by atoms with Crippen molar-refractivity contribution in [2.75, 3.05) is 20.8 Å². The van der Waals surface area contributed by atoms with Crippen molar-refractivity contribution in [1.82, 2.24) is 4.57 Å². The third-order valence-corrected chi connectivity index (χ3v) is 3.14. The van der Waals surface area contributed by atoms with Gasteiger partial charge in [-0.2, -0.15) is 0 Å². The summed E-state index contributed by atoms with van der Waals surface area (Å²) in [6, 6.07) is 5.75. The van der Waals surface area contributed by atoms with Gasteiger partial charge in [-0.1, -0.05) is 0 Å². The number of nitrogens with zero attached hydrogens (tertiary/aromatic N) is 1. The summed E-state index contributed by atoms with van der Waals surface area (Å²) in [5, 5.41) is 0.997. The summed E-state index contributed by atoms with van der Waals surface area (Å²) in [6.45, 7) is 2.78. The molecular formula is C15H19NO4. The van der Waals surface area contributed by atoms with E-state index in [-0.39, 0.29) is 5.97 Å². The fourth-order valence-corrected chi connectivity index (χ4v) is 2.16. The number of hydrogen-bond donors (Lipinski definition) is 0. The third kappa shape index (κ3) is 2.87. The molecule has 5 nitrogen and oxygen atoms in total. The van der Waals surface area contributed by atoms with Crippen molar-refractivity contribution in [2.45, 2.75) is 19.9 Å². The van der Waals surface area contributed by atoms with E-state index in [9.17, 15) is 4.79 Å². The zero-order chi connectivity index (χ0) is 14.5. The first kappa shape index (κ1) is 14.2. The Kier molecular flexibility index (Phi) is 4.50. The molecule has 0 saturated carbocycles. The van der Waals surface area contributed by atoms with Crippen LogP contribution in [0.15, 0.2) is 24.4 Å². The SMILES string of the molecule is CCOC(=O)CCn1ccc2c(OC)cc(OC)cc21. The summed E-state index contributed by atoms with van der Waals surface area (Å²) >= 11 is 0. The number of rotatable bonds is 6. The van der Waals surface area contributed by atoms with Crippen molar-refractivity contribution in [1.29, 1.82) is 0 Å². The Morgan fingerprint density at radius 2 is 2.05 bits per heavy atom. The van der Waals surface area contributed by atoms with Crippen molar-refractivity contribution in [3.63, 3.8) is 0 Å². The van der Waals surface area contributed by atoms with E-state index in [1.807, 2.05) is 29.0 Å². The van der Waals surface area contributed by atoms with E-state index < -0.39 is 0 Å². The molecule has 1 aromatic heterocycles. The molecule has 0 atom stereocenters. The second-order valence-electron chi connectivity index (χ2n) is 4.33. The van der Waals surface area contributed by atoms with Gasteiger partial charge < -0.3 is 18.8 Å². The lowest BCUT2D eigenvalue weighted by Crippen LogP contribution is -2.08. The van der Waals surface area contributed by atoms with Gasteiger partial charge in [0.1, 0.15) is 11.5 Å². The molecule has 0 bridgehead atoms. The van der Waals surface area contributed by atoms with Gasteiger partial charge in [-0.05, 0) is 13.0 Å². The summed E-state index contributed by atoms with van der Waals surface area (Å²) in [5.74, 6) is 1.30. The number of esters is 1. The van der Waals surface area contributed by atoms with Crippen LogP contribution >= 0.6 is 0 Å². The molecule has 0 spiro atoms. The van der Waals surface area contributed by atoms with Crippen LogP contribution in [0.5, 0.6) is 11.5 Å². The second-order valence-corrected chi connectivity index (χ2v) is 4.33. The number of fused-ring (bicyclic) bond motifs is 1. The van der Waals surface area contributed by atoms with Gasteiger partial charge >= 0.3 is 5.97 Å². The molecule has 1 heterocycles. The predicted octanol–water partition coefficient (Wildman–Crippen LogP) is 2.61. The molecule has 2 aromatic rings. The number of aromatic nitrogens is 1. The highest BCUT2D eigenvalue weighted by atomic mass is 16.5. The number of carbonyl (C=O) groups is 1. The lowest BCUT2D eigenvalue weighted by Gasteiger charge is -2.09. The monoisotopic (exact) mass is 277 g/mol. The van der Waals surface area contributed by atoms with E-state index >= 15 is 0 Å². The van der Waals surface area contributed by atoms with Crippen molar-refractivity contribution in [3.8, 4) is 11.5 Å². The highest BCUT2D eigenvalue weighted by Gasteiger charge is 2.10. The standard InChI is InChI=1S/C15H19NO4/c1-4-20-15(17)6-8-16-7-5-12-13(16)9-11(18-2)10-14(12)19-3/h5,7,9-10H,4,6,8H2,1-3H3. The van der Waals surface area contributed by atoms with Crippen LogP contribution in [0.1, 0.15) is 13.3 Å². The Hall–Kier alpha value is -2.17. The molecule has 5 heteroatoms. The Morgan fingerprint density at radius 1 is 1.25 bits per heavy atom. The zero-order valence-corrected chi connectivity index (χ0v) is 12.0. The fourth-order valence-electron chi connectivity index (χ4n) is 2.16. The lowest BCUT2D eigenvalue weighted by molar-refractivity contribution is -0.143. The summed E-state index contributed by atoms with van der Waals surface area (Å²) in [5.41, 5.74) is 0.977. The highest BCUT2D eigenvalue weighted by molar-refractivity contribution is 5.88. The van der Waals surface area contributed by atoms with Crippen LogP contribution < -0.4 is 9.47 Å². The zero-order valence-electron chi connectivity index (χ0n) is 12.0. The summed E-state index contributed by atoms with van der Waals surface area (Å²) in [4.78, 5) is 11.4. The van der Waals surface area contributed by atoms with Gasteiger partial charge in [0.15, 0.2) is 0 Å². The van der Waals surface area contributed by atoms with Crippen LogP contribution in [-0.4, -0.2) is 31.4 Å². The van der Waals surface area contributed by atoms with Crippen molar-refractivity contribution in [3.05, 3.63) is 24.4 Å². The summed E-state index contributed by atoms with van der Waals surface area (Å²) in [7, 11) is 3.25. The molecule has 20 heavy (non-hydrogen) atoms. The number of ether oxygens (including phenoxy) is 3. The molecule has 0 aliphatic heterocycles.